The van der Waals surface area contributed by atoms with E-state index in [-0.39, 0.29) is 45.5 Å². The quantitative estimate of drug-likeness (QED) is 0.209. The van der Waals surface area contributed by atoms with Crippen LogP contribution in [0.2, 0.25) is 28.2 Å². The molecule has 2 rings (SSSR count). The second-order valence-electron chi connectivity index (χ2n) is 10.0. The van der Waals surface area contributed by atoms with Gasteiger partial charge in [-0.25, -0.2) is 4.39 Å². The first-order valence-electron chi connectivity index (χ1n) is 10.9. The molecule has 1 atom stereocenters. The average Bonchev–Trinajstić information content (AvgIpc) is 2.72. The Kier molecular flexibility index (Phi) is 9.41. The Bertz CT molecular complexity index is 974. The van der Waals surface area contributed by atoms with Gasteiger partial charge in [-0.1, -0.05) is 63.9 Å². The maximum atomic E-state index is 15.2. The molecule has 0 aliphatic rings. The fourth-order valence-electron chi connectivity index (χ4n) is 3.10. The molecular weight excluding hydrogens is 482 g/mol. The second-order valence-corrected chi connectivity index (χ2v) is 15.6. The summed E-state index contributed by atoms with van der Waals surface area (Å²) in [6, 6.07) is 6.78. The van der Waals surface area contributed by atoms with Crippen molar-refractivity contribution in [2.24, 2.45) is 0 Å². The Morgan fingerprint density at radius 1 is 1.12 bits per heavy atom. The summed E-state index contributed by atoms with van der Waals surface area (Å²) in [7, 11) is -0.540. The van der Waals surface area contributed by atoms with Gasteiger partial charge in [0, 0.05) is 23.3 Å². The van der Waals surface area contributed by atoms with Crippen LogP contribution in [0.15, 0.2) is 24.3 Å². The van der Waals surface area contributed by atoms with Crippen molar-refractivity contribution in [2.75, 3.05) is 13.9 Å². The molecule has 0 aromatic heterocycles. The normalized spacial score (nSPS) is 13.5. The number of hydrogen-bond acceptors (Lipinski definition) is 4. The molecule has 184 valence electrons. The van der Waals surface area contributed by atoms with Crippen LogP contribution in [0.25, 0.3) is 0 Å². The molecule has 0 aliphatic heterocycles. The minimum absolute atomic E-state index is 0.0134. The molecule has 0 saturated carbocycles. The van der Waals surface area contributed by atoms with Gasteiger partial charge in [-0.2, -0.15) is 0 Å². The number of benzene rings is 2. The molecule has 8 heteroatoms. The highest BCUT2D eigenvalue weighted by molar-refractivity contribution is 6.74. The maximum Gasteiger partial charge on any atom is 0.192 e. The van der Waals surface area contributed by atoms with E-state index in [1.165, 1.54) is 6.07 Å². The summed E-state index contributed by atoms with van der Waals surface area (Å²) in [5.41, 5.74) is 1.83. The van der Waals surface area contributed by atoms with E-state index in [9.17, 15) is 5.11 Å². The van der Waals surface area contributed by atoms with Crippen LogP contribution in [-0.2, 0) is 15.8 Å². The summed E-state index contributed by atoms with van der Waals surface area (Å²) in [4.78, 5) is 0. The van der Waals surface area contributed by atoms with Gasteiger partial charge in [0.15, 0.2) is 15.1 Å². The van der Waals surface area contributed by atoms with Gasteiger partial charge in [-0.05, 0) is 53.4 Å². The van der Waals surface area contributed by atoms with Gasteiger partial charge in [-0.3, -0.25) is 0 Å². The van der Waals surface area contributed by atoms with Gasteiger partial charge in [0.1, 0.15) is 17.7 Å². The summed E-state index contributed by atoms with van der Waals surface area (Å²) >= 11 is 12.9. The Hall–Kier alpha value is -1.15. The summed E-state index contributed by atoms with van der Waals surface area (Å²) in [6.07, 6.45) is -1.20. The Morgan fingerprint density at radius 2 is 1.76 bits per heavy atom. The van der Waals surface area contributed by atoms with Crippen molar-refractivity contribution in [3.63, 3.8) is 0 Å². The van der Waals surface area contributed by atoms with Gasteiger partial charge in [0.25, 0.3) is 0 Å². The van der Waals surface area contributed by atoms with Crippen LogP contribution >= 0.6 is 23.2 Å². The van der Waals surface area contributed by atoms with Crippen LogP contribution < -0.4 is 4.74 Å². The third-order valence-corrected chi connectivity index (χ3v) is 11.4. The van der Waals surface area contributed by atoms with Gasteiger partial charge in [-0.15, -0.1) is 0 Å². The molecule has 1 unspecified atom stereocenters. The smallest absolute Gasteiger partial charge is 0.192 e. The predicted molar refractivity (Wildman–Crippen MR) is 136 cm³/mol. The number of halogens is 3. The first-order valence-corrected chi connectivity index (χ1v) is 14.6. The Balaban J connectivity index is 2.39. The summed E-state index contributed by atoms with van der Waals surface area (Å²) in [5.74, 6) is 0.156. The maximum absolute atomic E-state index is 15.2. The lowest BCUT2D eigenvalue weighted by atomic mass is 9.94. The molecule has 0 aliphatic carbocycles. The Morgan fingerprint density at radius 3 is 2.30 bits per heavy atom. The second kappa shape index (κ2) is 11.1. The Labute approximate surface area is 208 Å². The van der Waals surface area contributed by atoms with E-state index in [1.54, 1.807) is 19.2 Å². The predicted octanol–water partition coefficient (Wildman–Crippen LogP) is 7.84. The van der Waals surface area contributed by atoms with Crippen LogP contribution in [0.3, 0.4) is 0 Å². The number of methoxy groups -OCH3 is 1. The van der Waals surface area contributed by atoms with Gasteiger partial charge in [0.05, 0.1) is 11.6 Å². The van der Waals surface area contributed by atoms with Gasteiger partial charge in [0.2, 0.25) is 0 Å². The van der Waals surface area contributed by atoms with Crippen LogP contribution in [0.4, 0.5) is 4.39 Å². The van der Waals surface area contributed by atoms with E-state index in [0.717, 1.165) is 5.56 Å². The molecule has 2 aromatic rings. The molecule has 0 fully saturated rings. The fourth-order valence-corrected chi connectivity index (χ4v) is 4.75. The largest absolute Gasteiger partial charge is 0.467 e. The minimum Gasteiger partial charge on any atom is -0.467 e. The molecule has 0 bridgehead atoms. The fraction of sp³-hybridized carbons (Fsp3) is 0.520. The first kappa shape index (κ1) is 28.1. The lowest BCUT2D eigenvalue weighted by Gasteiger charge is -2.36. The van der Waals surface area contributed by atoms with Gasteiger partial charge >= 0.3 is 0 Å². The molecule has 2 aromatic carbocycles. The molecule has 4 nitrogen and oxygen atoms in total. The van der Waals surface area contributed by atoms with Crippen molar-refractivity contribution in [3.8, 4) is 5.75 Å². The molecule has 0 amide bonds. The molecule has 0 saturated heterocycles. The highest BCUT2D eigenvalue weighted by Crippen LogP contribution is 2.41. The zero-order chi connectivity index (χ0) is 25.1. The van der Waals surface area contributed by atoms with Crippen LogP contribution in [0.5, 0.6) is 5.75 Å². The van der Waals surface area contributed by atoms with E-state index in [0.29, 0.717) is 11.3 Å². The van der Waals surface area contributed by atoms with E-state index in [1.807, 2.05) is 19.9 Å². The number of hydrogen-bond donors (Lipinski definition) is 1. The number of aliphatic hydroxyl groups is 1. The van der Waals surface area contributed by atoms with E-state index in [4.69, 9.17) is 37.1 Å². The molecule has 0 spiro atoms. The summed E-state index contributed by atoms with van der Waals surface area (Å²) in [5, 5.41) is 11.1. The monoisotopic (exact) mass is 516 g/mol. The lowest BCUT2D eigenvalue weighted by molar-refractivity contribution is 0.0502. The SMILES string of the molecule is COCOc1ccc(C(O)c2c(Cl)cc(CO[Si](C)(C)C(C)(C)C)c(F)c2Cl)cc1C(C)C. The van der Waals surface area contributed by atoms with Crippen molar-refractivity contribution in [1.29, 1.82) is 0 Å². The average molecular weight is 518 g/mol. The number of rotatable bonds is 9. The van der Waals surface area contributed by atoms with Gasteiger partial charge < -0.3 is 19.0 Å². The van der Waals surface area contributed by atoms with Crippen molar-refractivity contribution in [1.82, 2.24) is 0 Å². The lowest BCUT2D eigenvalue weighted by Crippen LogP contribution is -2.40. The highest BCUT2D eigenvalue weighted by atomic mass is 35.5. The first-order chi connectivity index (χ1) is 15.2. The van der Waals surface area contributed by atoms with Crippen LogP contribution in [0, 0.1) is 5.82 Å². The number of aliphatic hydroxyl groups excluding tert-OH is 1. The van der Waals surface area contributed by atoms with Crippen LogP contribution in [-0.4, -0.2) is 27.3 Å². The molecule has 33 heavy (non-hydrogen) atoms. The summed E-state index contributed by atoms with van der Waals surface area (Å²) < 4.78 is 31.9. The van der Waals surface area contributed by atoms with Crippen LogP contribution in [0.1, 0.15) is 68.9 Å². The molecule has 1 N–H and O–H groups in total. The van der Waals surface area contributed by atoms with E-state index >= 15 is 4.39 Å². The highest BCUT2D eigenvalue weighted by Gasteiger charge is 2.37. The van der Waals surface area contributed by atoms with Crippen molar-refractivity contribution in [2.45, 2.75) is 71.4 Å². The van der Waals surface area contributed by atoms with Crippen molar-refractivity contribution < 1.29 is 23.4 Å². The van der Waals surface area contributed by atoms with Crippen molar-refractivity contribution in [3.05, 3.63) is 62.4 Å². The zero-order valence-electron chi connectivity index (χ0n) is 20.7. The van der Waals surface area contributed by atoms with Crippen molar-refractivity contribution >= 4 is 31.5 Å². The van der Waals surface area contributed by atoms with E-state index < -0.39 is 20.2 Å². The third kappa shape index (κ3) is 6.50. The third-order valence-electron chi connectivity index (χ3n) is 6.24. The number of ether oxygens (including phenoxy) is 2. The topological polar surface area (TPSA) is 47.9 Å². The molecule has 0 radical (unpaired) electrons. The summed E-state index contributed by atoms with van der Waals surface area (Å²) in [6.45, 7) is 14.8. The zero-order valence-corrected chi connectivity index (χ0v) is 23.2. The molecular formula is C25H35Cl2FO4Si. The van der Waals surface area contributed by atoms with E-state index in [2.05, 4.69) is 33.9 Å². The standard InChI is InChI=1S/C25H35Cl2FO4Si/c1-15(2)18-11-16(9-10-20(18)31-14-30-6)24(29)21-19(26)12-17(23(28)22(21)27)13-32-33(7,8)25(3,4)5/h9-12,15,24,29H,13-14H2,1-8H3. The molecule has 0 heterocycles. The minimum atomic E-state index is -2.09.